The van der Waals surface area contributed by atoms with Crippen LogP contribution < -0.4 is 30.4 Å². The normalized spacial score (nSPS) is 15.6. The summed E-state index contributed by atoms with van der Waals surface area (Å²) in [7, 11) is -0.875. The Balaban J connectivity index is 0.000000162. The van der Waals surface area contributed by atoms with Gasteiger partial charge in [-0.3, -0.25) is 0 Å². The summed E-state index contributed by atoms with van der Waals surface area (Å²) in [6.07, 6.45) is 10.6. The summed E-state index contributed by atoms with van der Waals surface area (Å²) in [5.74, 6) is 0.652. The van der Waals surface area contributed by atoms with Crippen molar-refractivity contribution in [2.45, 2.75) is 143 Å². The molecule has 0 radical (unpaired) electrons. The van der Waals surface area contributed by atoms with Crippen molar-refractivity contribution in [1.29, 1.82) is 0 Å². The molecule has 0 aliphatic carbocycles. The lowest BCUT2D eigenvalue weighted by molar-refractivity contribution is -0.133. The SMILES string of the molecule is Brc1ccc(N(c2ccc(Br)cc2)c2ccc(N(c3ccc(Br)cc3)c3ccc(Br)cc3)cc2)cc1.CC1(C)OB(c2ccc(N(c3ccc(F)cc3)c3ccc(B4OC(C)(C)C(C)(C)O4)cc3)cc2)OC1(C)C.CCC1(COc2ccc(Br)cc2)COC1.CCCCCCCCc1ccc(Br)cc1. The van der Waals surface area contributed by atoms with Crippen molar-refractivity contribution in [2.75, 3.05) is 34.5 Å². The van der Waals surface area contributed by atoms with E-state index in [-0.39, 0.29) is 11.2 Å². The summed E-state index contributed by atoms with van der Waals surface area (Å²) < 4.78 is 56.1. The fourth-order valence-corrected chi connectivity index (χ4v) is 13.5. The molecule has 3 fully saturated rings. The third-order valence-electron chi connectivity index (χ3n) is 19.8. The predicted molar refractivity (Wildman–Crippen MR) is 454 cm³/mol. The minimum absolute atomic E-state index is 0.257. The van der Waals surface area contributed by atoms with Crippen LogP contribution in [-0.4, -0.2) is 56.5 Å². The van der Waals surface area contributed by atoms with Gasteiger partial charge in [-0.15, -0.1) is 0 Å². The smallest absolute Gasteiger partial charge is 0.493 e. The molecule has 0 spiro atoms. The number of hydrogen-bond acceptors (Lipinski definition) is 9. The van der Waals surface area contributed by atoms with Gasteiger partial charge in [0.25, 0.3) is 0 Å². The van der Waals surface area contributed by atoms with Gasteiger partial charge in [0, 0.05) is 78.0 Å². The fraction of sp³-hybridized carbons (Fsp3) is 0.302. The molecule has 10 aromatic carbocycles. The van der Waals surface area contributed by atoms with Crippen molar-refractivity contribution < 1.29 is 32.5 Å². The van der Waals surface area contributed by atoms with Crippen molar-refractivity contribution >= 4 is 172 Å². The highest BCUT2D eigenvalue weighted by Gasteiger charge is 2.53. The van der Waals surface area contributed by atoms with Crippen molar-refractivity contribution in [3.63, 3.8) is 0 Å². The highest BCUT2D eigenvalue weighted by Crippen LogP contribution is 2.43. The molecule has 0 atom stereocenters. The van der Waals surface area contributed by atoms with Crippen molar-refractivity contribution in [3.05, 3.63) is 281 Å². The lowest BCUT2D eigenvalue weighted by Crippen LogP contribution is -2.46. The molecule has 0 saturated carbocycles. The van der Waals surface area contributed by atoms with E-state index in [1.54, 1.807) is 12.1 Å². The minimum Gasteiger partial charge on any atom is -0.493 e. The number of anilines is 9. The van der Waals surface area contributed by atoms with Crippen LogP contribution in [0.15, 0.2) is 269 Å². The topological polar surface area (TPSA) is 65.1 Å². The van der Waals surface area contributed by atoms with E-state index in [4.69, 9.17) is 28.1 Å². The number of unbranched alkanes of at least 4 members (excludes halogenated alkanes) is 5. The van der Waals surface area contributed by atoms with Gasteiger partial charge >= 0.3 is 14.2 Å². The first-order chi connectivity index (χ1) is 49.7. The van der Waals surface area contributed by atoms with Gasteiger partial charge in [0.2, 0.25) is 0 Å². The Morgan fingerprint density at radius 2 is 0.606 bits per heavy atom. The Morgan fingerprint density at radius 1 is 0.346 bits per heavy atom. The first-order valence-corrected chi connectivity index (χ1v) is 40.4. The summed E-state index contributed by atoms with van der Waals surface area (Å²) in [5.41, 5.74) is 11.2. The van der Waals surface area contributed by atoms with E-state index in [1.807, 2.05) is 128 Å². The van der Waals surface area contributed by atoms with E-state index in [9.17, 15) is 4.39 Å². The Bertz CT molecular complexity index is 3970. The minimum atomic E-state index is -0.437. The van der Waals surface area contributed by atoms with Crippen molar-refractivity contribution in [3.8, 4) is 5.75 Å². The van der Waals surface area contributed by atoms with Crippen LogP contribution in [0.2, 0.25) is 0 Å². The molecule has 3 aliphatic heterocycles. The molecule has 0 unspecified atom stereocenters. The Morgan fingerprint density at radius 3 is 0.894 bits per heavy atom. The number of benzene rings is 10. The van der Waals surface area contributed by atoms with Crippen LogP contribution in [0.3, 0.4) is 0 Å². The molecular formula is C86H92B2Br6FN3O6. The van der Waals surface area contributed by atoms with Gasteiger partial charge < -0.3 is 42.8 Å². The summed E-state index contributed by atoms with van der Waals surface area (Å²) in [5, 5.41) is 0. The standard InChI is InChI=1S/C30H36B2FNO4.C30H20Br4N2.C14H21Br.C12H15BrO2/c1-27(2)28(3,4)36-31(35-27)21-9-15-24(16-10-21)34(26-19-13-23(33)14-20-26)25-17-11-22(12-18-25)32-37-29(5,6)30(7,8)38-32;31-21-1-9-25(10-2-21)35(26-11-3-22(32)4-12-26)29-17-19-30(20-18-29)36(27-13-5-23(33)6-14-27)28-15-7-24(34)8-16-28;1-2-3-4-5-6-7-8-13-9-11-14(15)12-10-13;1-2-12(7-14-8-12)9-15-11-5-3-10(13)4-6-11/h9-20H,1-8H3;1-20H;9-12H,2-8H2,1H3;3-6H,2,7-9H2,1H3. The average molecular weight is 1780 g/mol. The molecule has 0 amide bonds. The van der Waals surface area contributed by atoms with E-state index >= 15 is 0 Å². The second kappa shape index (κ2) is 36.8. The predicted octanol–water partition coefficient (Wildman–Crippen LogP) is 26.2. The van der Waals surface area contributed by atoms with E-state index in [0.29, 0.717) is 0 Å². The zero-order valence-electron chi connectivity index (χ0n) is 61.0. The molecular weight excluding hydrogens is 1690 g/mol. The highest BCUT2D eigenvalue weighted by molar-refractivity contribution is 9.11. The Kier molecular flexibility index (Phi) is 28.6. The molecule has 542 valence electrons. The van der Waals surface area contributed by atoms with Crippen LogP contribution in [0.1, 0.15) is 120 Å². The monoisotopic (exact) mass is 1780 g/mol. The highest BCUT2D eigenvalue weighted by atomic mass is 79.9. The fourth-order valence-electron chi connectivity index (χ4n) is 11.9. The van der Waals surface area contributed by atoms with E-state index in [1.165, 1.54) is 67.1 Å². The van der Waals surface area contributed by atoms with Gasteiger partial charge in [-0.2, -0.15) is 0 Å². The molecule has 3 saturated heterocycles. The molecule has 18 heteroatoms. The van der Waals surface area contributed by atoms with Crippen LogP contribution in [-0.2, 0) is 29.8 Å². The average Bonchev–Trinajstić information content (AvgIpc) is 1.55. The second-order valence-corrected chi connectivity index (χ2v) is 34.0. The maximum Gasteiger partial charge on any atom is 0.494 e. The number of halogens is 7. The van der Waals surface area contributed by atoms with Crippen LogP contribution in [0, 0.1) is 11.2 Å². The maximum atomic E-state index is 13.8. The van der Waals surface area contributed by atoms with Gasteiger partial charge in [-0.25, -0.2) is 4.39 Å². The Hall–Kier alpha value is -5.86. The molecule has 0 aromatic heterocycles. The molecule has 13 rings (SSSR count). The summed E-state index contributed by atoms with van der Waals surface area (Å²) >= 11 is 21.1. The molecule has 3 aliphatic rings. The van der Waals surface area contributed by atoms with Crippen LogP contribution in [0.4, 0.5) is 55.6 Å². The zero-order valence-corrected chi connectivity index (χ0v) is 70.5. The number of hydrogen-bond donors (Lipinski definition) is 0. The van der Waals surface area contributed by atoms with Crippen molar-refractivity contribution in [1.82, 2.24) is 0 Å². The molecule has 9 nitrogen and oxygen atoms in total. The number of nitrogens with zero attached hydrogens (tertiary/aromatic N) is 3. The number of aryl methyl sites for hydroxylation is 1. The van der Waals surface area contributed by atoms with Crippen molar-refractivity contribution in [2.24, 2.45) is 5.41 Å². The van der Waals surface area contributed by atoms with Crippen LogP contribution >= 0.6 is 95.6 Å². The van der Waals surface area contributed by atoms with Gasteiger partial charge in [0.1, 0.15) is 11.6 Å². The van der Waals surface area contributed by atoms with Gasteiger partial charge in [-0.05, 0) is 297 Å². The zero-order chi connectivity index (χ0) is 74.2. The largest absolute Gasteiger partial charge is 0.494 e. The van der Waals surface area contributed by atoms with E-state index < -0.39 is 36.6 Å². The van der Waals surface area contributed by atoms with Crippen LogP contribution in [0.5, 0.6) is 5.75 Å². The molecule has 10 aromatic rings. The third-order valence-corrected chi connectivity index (χ3v) is 23.0. The first-order valence-electron chi connectivity index (χ1n) is 35.6. The molecule has 3 heterocycles. The quantitative estimate of drug-likeness (QED) is 0.0488. The molecule has 0 bridgehead atoms. The summed E-state index contributed by atoms with van der Waals surface area (Å²) in [6, 6.07) is 81.5. The number of rotatable bonds is 22. The van der Waals surface area contributed by atoms with E-state index in [0.717, 1.165) is 116 Å². The second-order valence-electron chi connectivity index (χ2n) is 28.5. The van der Waals surface area contributed by atoms with Gasteiger partial charge in [0.05, 0.1) is 47.6 Å². The summed E-state index contributed by atoms with van der Waals surface area (Å²) in [6.45, 7) is 23.2. The van der Waals surface area contributed by atoms with Gasteiger partial charge in [-0.1, -0.05) is 178 Å². The lowest BCUT2D eigenvalue weighted by atomic mass is 9.79. The summed E-state index contributed by atoms with van der Waals surface area (Å²) in [4.78, 5) is 6.60. The Labute approximate surface area is 668 Å². The molecule has 0 N–H and O–H groups in total. The van der Waals surface area contributed by atoms with E-state index in [2.05, 4.69) is 270 Å². The van der Waals surface area contributed by atoms with Crippen LogP contribution in [0.25, 0.3) is 0 Å². The number of ether oxygens (including phenoxy) is 2. The molecule has 104 heavy (non-hydrogen) atoms. The third kappa shape index (κ3) is 21.5. The lowest BCUT2D eigenvalue weighted by Gasteiger charge is -2.40. The first kappa shape index (κ1) is 80.7. The van der Waals surface area contributed by atoms with Gasteiger partial charge in [0.15, 0.2) is 0 Å². The maximum absolute atomic E-state index is 13.8.